The molecule has 0 aromatic carbocycles. The largest absolute Gasteiger partial charge is 0.472 e. The number of phosphoric ester groups is 2. The Hall–Kier alpha value is -1.94. The molecular weight excluding hydrogens is 1260 g/mol. The van der Waals surface area contributed by atoms with Gasteiger partial charge in [0.1, 0.15) is 19.3 Å². The van der Waals surface area contributed by atoms with E-state index in [9.17, 15) is 43.2 Å². The standard InChI is InChI=1S/C77H150O17P2/c1-6-10-13-16-19-22-24-25-33-37-41-46-51-56-61-75(80)88-67-73(94-77(82)63-58-53-48-43-38-34-31-29-27-26-28-30-32-36-40-44-49-54-59-70(5)9-4)69-92-96(85,86)90-65-71(78)64-89-95(83,84)91-68-72(66-87-74(79)60-55-50-45-39-21-18-15-12-8-3)93-76(81)62-57-52-47-42-35-23-20-17-14-11-7-2/h70-73,78H,6-69H2,1-5H3,(H,83,84)(H,85,86)/t70?,71-,72+,73+/m0/s1. The number of aliphatic hydroxyl groups excluding tert-OH is 1. The molecule has 0 aromatic heterocycles. The molecule has 0 aromatic rings. The number of aliphatic hydroxyl groups is 1. The molecule has 0 spiro atoms. The molecule has 0 fully saturated rings. The zero-order chi connectivity index (χ0) is 70.5. The minimum atomic E-state index is -4.96. The maximum Gasteiger partial charge on any atom is 0.472 e. The van der Waals surface area contributed by atoms with Crippen LogP contribution in [0.3, 0.4) is 0 Å². The summed E-state index contributed by atoms with van der Waals surface area (Å²) in [5.74, 6) is -1.24. The summed E-state index contributed by atoms with van der Waals surface area (Å²) in [4.78, 5) is 72.7. The summed E-state index contributed by atoms with van der Waals surface area (Å²) in [6, 6.07) is 0. The van der Waals surface area contributed by atoms with Gasteiger partial charge in [0.15, 0.2) is 12.2 Å². The Balaban J connectivity index is 5.17. The minimum absolute atomic E-state index is 0.107. The number of hydrogen-bond donors (Lipinski definition) is 3. The van der Waals surface area contributed by atoms with Gasteiger partial charge in [0.05, 0.1) is 26.4 Å². The fraction of sp³-hybridized carbons (Fsp3) is 0.948. The second-order valence-electron chi connectivity index (χ2n) is 28.0. The Morgan fingerprint density at radius 1 is 0.292 bits per heavy atom. The van der Waals surface area contributed by atoms with E-state index >= 15 is 0 Å². The van der Waals surface area contributed by atoms with Crippen molar-refractivity contribution < 1.29 is 80.2 Å². The van der Waals surface area contributed by atoms with Crippen molar-refractivity contribution in [3.63, 3.8) is 0 Å². The van der Waals surface area contributed by atoms with E-state index in [4.69, 9.17) is 37.0 Å². The first-order valence-electron chi connectivity index (χ1n) is 40.2. The highest BCUT2D eigenvalue weighted by Gasteiger charge is 2.30. The third-order valence-corrected chi connectivity index (χ3v) is 20.3. The zero-order valence-electron chi connectivity index (χ0n) is 62.5. The van der Waals surface area contributed by atoms with Crippen molar-refractivity contribution in [2.45, 2.75) is 425 Å². The highest BCUT2D eigenvalue weighted by molar-refractivity contribution is 7.47. The van der Waals surface area contributed by atoms with Gasteiger partial charge in [0, 0.05) is 25.7 Å². The third-order valence-electron chi connectivity index (χ3n) is 18.4. The molecule has 17 nitrogen and oxygen atoms in total. The lowest BCUT2D eigenvalue weighted by atomic mass is 9.99. The van der Waals surface area contributed by atoms with Gasteiger partial charge in [-0.3, -0.25) is 37.3 Å². The maximum absolute atomic E-state index is 13.1. The predicted octanol–water partition coefficient (Wildman–Crippen LogP) is 22.9. The van der Waals surface area contributed by atoms with Gasteiger partial charge >= 0.3 is 39.5 Å². The van der Waals surface area contributed by atoms with Crippen LogP contribution in [0, 0.1) is 5.92 Å². The number of phosphoric acid groups is 2. The SMILES string of the molecule is CCCCCCCCCCCCCCCCC(=O)OC[C@H](COP(=O)(O)OC[C@@H](O)COP(=O)(O)OC[C@@H](COC(=O)CCCCCCCCCCC)OC(=O)CCCCCCCCCCCCC)OC(=O)CCCCCCCCCCCCCCCCCCCCC(C)CC. The molecule has 0 radical (unpaired) electrons. The number of carbonyl (C=O) groups is 4. The summed E-state index contributed by atoms with van der Waals surface area (Å²) in [6.45, 7) is 7.35. The number of unbranched alkanes of at least 4 members (excludes halogenated alkanes) is 48. The van der Waals surface area contributed by atoms with Crippen LogP contribution >= 0.6 is 15.6 Å². The summed E-state index contributed by atoms with van der Waals surface area (Å²) in [5, 5.41) is 10.6. The number of carbonyl (C=O) groups excluding carboxylic acids is 4. The van der Waals surface area contributed by atoms with Crippen LogP contribution in [0.5, 0.6) is 0 Å². The number of esters is 4. The first-order valence-corrected chi connectivity index (χ1v) is 43.2. The quantitative estimate of drug-likeness (QED) is 0.0222. The van der Waals surface area contributed by atoms with Crippen molar-refractivity contribution in [1.82, 2.24) is 0 Å². The monoisotopic (exact) mass is 1410 g/mol. The van der Waals surface area contributed by atoms with Crippen molar-refractivity contribution >= 4 is 39.5 Å². The lowest BCUT2D eigenvalue weighted by Gasteiger charge is -2.21. The average molecular weight is 1410 g/mol. The Labute approximate surface area is 588 Å². The normalized spacial score (nSPS) is 14.2. The highest BCUT2D eigenvalue weighted by Crippen LogP contribution is 2.45. The highest BCUT2D eigenvalue weighted by atomic mass is 31.2. The maximum atomic E-state index is 13.1. The van der Waals surface area contributed by atoms with Crippen LogP contribution in [0.25, 0.3) is 0 Å². The van der Waals surface area contributed by atoms with Crippen LogP contribution in [0.4, 0.5) is 0 Å². The van der Waals surface area contributed by atoms with Gasteiger partial charge < -0.3 is 33.8 Å². The molecule has 0 saturated carbocycles. The van der Waals surface area contributed by atoms with Crippen LogP contribution in [-0.4, -0.2) is 96.7 Å². The van der Waals surface area contributed by atoms with Crippen LogP contribution < -0.4 is 0 Å². The van der Waals surface area contributed by atoms with Crippen LogP contribution in [0.15, 0.2) is 0 Å². The fourth-order valence-corrected chi connectivity index (χ4v) is 13.4. The third kappa shape index (κ3) is 69.2. The zero-order valence-corrected chi connectivity index (χ0v) is 64.3. The molecule has 0 aliphatic carbocycles. The van der Waals surface area contributed by atoms with Crippen molar-refractivity contribution in [3.05, 3.63) is 0 Å². The Morgan fingerprint density at radius 3 is 0.740 bits per heavy atom. The Morgan fingerprint density at radius 2 is 0.500 bits per heavy atom. The summed E-state index contributed by atoms with van der Waals surface area (Å²) in [7, 11) is -9.91. The van der Waals surface area contributed by atoms with Gasteiger partial charge in [-0.05, 0) is 31.6 Å². The Kier molecular flexibility index (Phi) is 68.7. The fourth-order valence-electron chi connectivity index (χ4n) is 11.8. The first-order chi connectivity index (χ1) is 46.6. The van der Waals surface area contributed by atoms with Gasteiger partial charge in [-0.1, -0.05) is 356 Å². The molecular formula is C77H150O17P2. The molecule has 570 valence electrons. The summed E-state index contributed by atoms with van der Waals surface area (Å²) < 4.78 is 68.5. The molecule has 0 saturated heterocycles. The van der Waals surface area contributed by atoms with Crippen LogP contribution in [0.1, 0.15) is 407 Å². The number of ether oxygens (including phenoxy) is 4. The second kappa shape index (κ2) is 70.1. The molecule has 96 heavy (non-hydrogen) atoms. The molecule has 0 aliphatic rings. The van der Waals surface area contributed by atoms with Gasteiger partial charge in [0.25, 0.3) is 0 Å². The smallest absolute Gasteiger partial charge is 0.462 e. The Bertz CT molecular complexity index is 1840. The predicted molar refractivity (Wildman–Crippen MR) is 391 cm³/mol. The van der Waals surface area contributed by atoms with E-state index in [-0.39, 0.29) is 25.7 Å². The van der Waals surface area contributed by atoms with Crippen molar-refractivity contribution in [3.8, 4) is 0 Å². The molecule has 6 atom stereocenters. The van der Waals surface area contributed by atoms with E-state index in [2.05, 4.69) is 34.6 Å². The van der Waals surface area contributed by atoms with Crippen molar-refractivity contribution in [2.24, 2.45) is 5.92 Å². The minimum Gasteiger partial charge on any atom is -0.462 e. The van der Waals surface area contributed by atoms with E-state index in [0.29, 0.717) is 25.7 Å². The number of hydrogen-bond acceptors (Lipinski definition) is 15. The van der Waals surface area contributed by atoms with Gasteiger partial charge in [-0.25, -0.2) is 9.13 Å². The summed E-state index contributed by atoms with van der Waals surface area (Å²) >= 11 is 0. The van der Waals surface area contributed by atoms with Gasteiger partial charge in [0.2, 0.25) is 0 Å². The number of rotatable bonds is 77. The topological polar surface area (TPSA) is 237 Å². The summed E-state index contributed by atoms with van der Waals surface area (Å²) in [6.07, 6.45) is 59.6. The summed E-state index contributed by atoms with van der Waals surface area (Å²) in [5.41, 5.74) is 0. The van der Waals surface area contributed by atoms with Crippen molar-refractivity contribution in [1.29, 1.82) is 0 Å². The molecule has 0 bridgehead atoms. The van der Waals surface area contributed by atoms with Crippen molar-refractivity contribution in [2.75, 3.05) is 39.6 Å². The van der Waals surface area contributed by atoms with Gasteiger partial charge in [-0.15, -0.1) is 0 Å². The molecule has 0 aliphatic heterocycles. The second-order valence-corrected chi connectivity index (χ2v) is 30.9. The first kappa shape index (κ1) is 94.1. The molecule has 0 rings (SSSR count). The lowest BCUT2D eigenvalue weighted by molar-refractivity contribution is -0.161. The average Bonchev–Trinajstić information content (AvgIpc) is 1.21. The molecule has 0 amide bonds. The van der Waals surface area contributed by atoms with Crippen LogP contribution in [-0.2, 0) is 65.4 Å². The van der Waals surface area contributed by atoms with Crippen LogP contribution in [0.2, 0.25) is 0 Å². The molecule has 3 unspecified atom stereocenters. The van der Waals surface area contributed by atoms with E-state index < -0.39 is 97.5 Å². The van der Waals surface area contributed by atoms with E-state index in [0.717, 1.165) is 95.8 Å². The van der Waals surface area contributed by atoms with E-state index in [1.54, 1.807) is 0 Å². The lowest BCUT2D eigenvalue weighted by Crippen LogP contribution is -2.30. The van der Waals surface area contributed by atoms with E-state index in [1.165, 1.54) is 231 Å². The molecule has 0 heterocycles. The molecule has 19 heteroatoms. The van der Waals surface area contributed by atoms with E-state index in [1.807, 2.05) is 0 Å². The van der Waals surface area contributed by atoms with Gasteiger partial charge in [-0.2, -0.15) is 0 Å². The molecule has 3 N–H and O–H groups in total.